The maximum Gasteiger partial charge on any atom is 0.313 e. The molecule has 6 heteroatoms. The summed E-state index contributed by atoms with van der Waals surface area (Å²) in [6, 6.07) is 7.74. The van der Waals surface area contributed by atoms with E-state index in [1.807, 2.05) is 30.3 Å². The molecule has 1 atom stereocenters. The number of ether oxygens (including phenoxy) is 4. The third kappa shape index (κ3) is 3.81. The second kappa shape index (κ2) is 7.02. The Morgan fingerprint density at radius 2 is 1.67 bits per heavy atom. The number of rotatable bonds is 0. The molecule has 114 valence electrons. The third-order valence-corrected chi connectivity index (χ3v) is 3.12. The van der Waals surface area contributed by atoms with Crippen molar-refractivity contribution in [3.8, 4) is 5.75 Å². The Morgan fingerprint density at radius 3 is 2.57 bits per heavy atom. The lowest BCUT2D eigenvalue weighted by atomic mass is 10.1. The van der Waals surface area contributed by atoms with Crippen molar-refractivity contribution in [3.05, 3.63) is 35.9 Å². The highest BCUT2D eigenvalue weighted by atomic mass is 16.8. The SMILES string of the molecule is C1=CC2(NOCCOCCOCCO2)Oc2ccccc21. The van der Waals surface area contributed by atoms with Gasteiger partial charge in [-0.3, -0.25) is 4.84 Å². The summed E-state index contributed by atoms with van der Waals surface area (Å²) >= 11 is 0. The summed E-state index contributed by atoms with van der Waals surface area (Å²) < 4.78 is 22.5. The number of hydroxylamine groups is 1. The summed E-state index contributed by atoms with van der Waals surface area (Å²) in [4.78, 5) is 5.40. The van der Waals surface area contributed by atoms with Crippen molar-refractivity contribution in [2.24, 2.45) is 0 Å². The van der Waals surface area contributed by atoms with Gasteiger partial charge in [0.25, 0.3) is 0 Å². The van der Waals surface area contributed by atoms with Crippen molar-refractivity contribution in [1.29, 1.82) is 0 Å². The lowest BCUT2D eigenvalue weighted by Gasteiger charge is -2.34. The monoisotopic (exact) mass is 293 g/mol. The summed E-state index contributed by atoms with van der Waals surface area (Å²) in [7, 11) is 0. The largest absolute Gasteiger partial charge is 0.443 e. The van der Waals surface area contributed by atoms with Crippen LogP contribution in [0.1, 0.15) is 5.56 Å². The first kappa shape index (κ1) is 14.5. The van der Waals surface area contributed by atoms with Gasteiger partial charge in [0.2, 0.25) is 0 Å². The second-order valence-electron chi connectivity index (χ2n) is 4.66. The van der Waals surface area contributed by atoms with Crippen LogP contribution < -0.4 is 10.2 Å². The highest BCUT2D eigenvalue weighted by Crippen LogP contribution is 2.30. The lowest BCUT2D eigenvalue weighted by Crippen LogP contribution is -2.53. The zero-order valence-corrected chi connectivity index (χ0v) is 11.7. The molecule has 0 aliphatic carbocycles. The van der Waals surface area contributed by atoms with Gasteiger partial charge in [-0.2, -0.15) is 0 Å². The number of hydrogen-bond acceptors (Lipinski definition) is 6. The quantitative estimate of drug-likeness (QED) is 0.779. The van der Waals surface area contributed by atoms with E-state index in [1.165, 1.54) is 0 Å². The molecule has 0 aromatic heterocycles. The fourth-order valence-electron chi connectivity index (χ4n) is 2.10. The molecule has 1 aromatic rings. The van der Waals surface area contributed by atoms with Gasteiger partial charge >= 0.3 is 5.91 Å². The Labute approximate surface area is 123 Å². The number of para-hydroxylation sites is 1. The lowest BCUT2D eigenvalue weighted by molar-refractivity contribution is -0.245. The first-order valence-corrected chi connectivity index (χ1v) is 7.04. The minimum absolute atomic E-state index is 0.378. The van der Waals surface area contributed by atoms with Crippen molar-refractivity contribution in [3.63, 3.8) is 0 Å². The van der Waals surface area contributed by atoms with E-state index in [9.17, 15) is 0 Å². The van der Waals surface area contributed by atoms with Crippen LogP contribution in [0.15, 0.2) is 30.3 Å². The first-order valence-electron chi connectivity index (χ1n) is 7.04. The average Bonchev–Trinajstić information content (AvgIpc) is 2.51. The smallest absolute Gasteiger partial charge is 0.313 e. The summed E-state index contributed by atoms with van der Waals surface area (Å²) in [6.07, 6.45) is 3.74. The van der Waals surface area contributed by atoms with Crippen molar-refractivity contribution in [2.75, 3.05) is 39.6 Å². The fraction of sp³-hybridized carbons (Fsp3) is 0.467. The van der Waals surface area contributed by atoms with E-state index in [2.05, 4.69) is 5.48 Å². The van der Waals surface area contributed by atoms with Gasteiger partial charge < -0.3 is 18.9 Å². The molecule has 6 nitrogen and oxygen atoms in total. The summed E-state index contributed by atoms with van der Waals surface area (Å²) in [6.45, 7) is 2.81. The van der Waals surface area contributed by atoms with Crippen LogP contribution in [0.3, 0.4) is 0 Å². The molecule has 0 amide bonds. The number of hydrogen-bond donors (Lipinski definition) is 1. The normalized spacial score (nSPS) is 27.2. The summed E-state index contributed by atoms with van der Waals surface area (Å²) in [5.74, 6) is -0.406. The van der Waals surface area contributed by atoms with Gasteiger partial charge in [-0.25, -0.2) is 0 Å². The number of nitrogens with one attached hydrogen (secondary N) is 1. The molecule has 0 radical (unpaired) electrons. The fourth-order valence-corrected chi connectivity index (χ4v) is 2.10. The summed E-state index contributed by atoms with van der Waals surface area (Å²) in [5.41, 5.74) is 3.83. The van der Waals surface area contributed by atoms with Crippen molar-refractivity contribution >= 4 is 6.08 Å². The molecule has 1 aromatic carbocycles. The van der Waals surface area contributed by atoms with E-state index in [1.54, 1.807) is 6.08 Å². The van der Waals surface area contributed by atoms with Gasteiger partial charge in [0.15, 0.2) is 0 Å². The zero-order valence-electron chi connectivity index (χ0n) is 11.7. The zero-order chi connectivity index (χ0) is 14.4. The molecule has 1 spiro atoms. The standard InChI is InChI=1S/C15H19NO5/c1-2-4-14-13(3-1)5-6-15(21-14)16-20-12-10-18-8-7-17-9-11-19-15/h1-6,16H,7-12H2. The molecule has 0 bridgehead atoms. The Morgan fingerprint density at radius 1 is 0.905 bits per heavy atom. The van der Waals surface area contributed by atoms with E-state index < -0.39 is 5.91 Å². The number of fused-ring (bicyclic) bond motifs is 1. The average molecular weight is 293 g/mol. The molecule has 1 N–H and O–H groups in total. The first-order chi connectivity index (χ1) is 10.4. The molecule has 2 heterocycles. The Bertz CT molecular complexity index is 479. The number of benzene rings is 1. The van der Waals surface area contributed by atoms with Crippen LogP contribution in [0.25, 0.3) is 6.08 Å². The molecule has 1 unspecified atom stereocenters. The van der Waals surface area contributed by atoms with Gasteiger partial charge in [-0.05, 0) is 12.1 Å². The van der Waals surface area contributed by atoms with Gasteiger partial charge in [-0.1, -0.05) is 18.2 Å². The van der Waals surface area contributed by atoms with Crippen LogP contribution in [0, 0.1) is 0 Å². The highest BCUT2D eigenvalue weighted by molar-refractivity contribution is 5.60. The van der Waals surface area contributed by atoms with E-state index >= 15 is 0 Å². The summed E-state index contributed by atoms with van der Waals surface area (Å²) in [5, 5.41) is 0. The van der Waals surface area contributed by atoms with Gasteiger partial charge in [0.05, 0.1) is 39.6 Å². The molecule has 1 fully saturated rings. The van der Waals surface area contributed by atoms with Crippen LogP contribution in [0.4, 0.5) is 0 Å². The minimum atomic E-state index is -1.14. The molecule has 3 rings (SSSR count). The maximum absolute atomic E-state index is 5.92. The Balaban J connectivity index is 1.71. The Kier molecular flexibility index (Phi) is 4.84. The van der Waals surface area contributed by atoms with Crippen molar-refractivity contribution in [2.45, 2.75) is 5.91 Å². The predicted octanol–water partition coefficient (Wildman–Crippen LogP) is 1.33. The van der Waals surface area contributed by atoms with Crippen LogP contribution in [0.2, 0.25) is 0 Å². The molecule has 2 aliphatic rings. The molecular weight excluding hydrogens is 274 g/mol. The van der Waals surface area contributed by atoms with Crippen molar-refractivity contribution < 1.29 is 23.8 Å². The van der Waals surface area contributed by atoms with Crippen LogP contribution in [0.5, 0.6) is 5.75 Å². The van der Waals surface area contributed by atoms with E-state index in [0.717, 1.165) is 11.3 Å². The van der Waals surface area contributed by atoms with E-state index in [0.29, 0.717) is 39.6 Å². The molecule has 21 heavy (non-hydrogen) atoms. The van der Waals surface area contributed by atoms with E-state index in [-0.39, 0.29) is 0 Å². The molecular formula is C15H19NO5. The Hall–Kier alpha value is -1.44. The predicted molar refractivity (Wildman–Crippen MR) is 75.5 cm³/mol. The second-order valence-corrected chi connectivity index (χ2v) is 4.66. The maximum atomic E-state index is 5.92. The van der Waals surface area contributed by atoms with Crippen molar-refractivity contribution in [1.82, 2.24) is 5.48 Å². The van der Waals surface area contributed by atoms with Gasteiger partial charge in [0, 0.05) is 11.6 Å². The topological polar surface area (TPSA) is 58.2 Å². The molecule has 2 aliphatic heterocycles. The van der Waals surface area contributed by atoms with Gasteiger partial charge in [0.1, 0.15) is 5.75 Å². The van der Waals surface area contributed by atoms with Crippen LogP contribution >= 0.6 is 0 Å². The van der Waals surface area contributed by atoms with Gasteiger partial charge in [-0.15, -0.1) is 5.48 Å². The molecule has 1 saturated heterocycles. The van der Waals surface area contributed by atoms with E-state index in [4.69, 9.17) is 23.8 Å². The highest BCUT2D eigenvalue weighted by Gasteiger charge is 2.34. The molecule has 0 saturated carbocycles. The van der Waals surface area contributed by atoms with Crippen LogP contribution in [-0.4, -0.2) is 45.6 Å². The minimum Gasteiger partial charge on any atom is -0.443 e. The third-order valence-electron chi connectivity index (χ3n) is 3.12. The van der Waals surface area contributed by atoms with Crippen LogP contribution in [-0.2, 0) is 19.0 Å².